The van der Waals surface area contributed by atoms with E-state index in [2.05, 4.69) is 98.4 Å². The van der Waals surface area contributed by atoms with Gasteiger partial charge in [-0.1, -0.05) is 12.1 Å². The summed E-state index contributed by atoms with van der Waals surface area (Å²) in [7, 11) is -1.38. The van der Waals surface area contributed by atoms with Gasteiger partial charge in [0.2, 0.25) is 0 Å². The van der Waals surface area contributed by atoms with Crippen LogP contribution in [-0.2, 0) is 0 Å². The summed E-state index contributed by atoms with van der Waals surface area (Å²) < 4.78 is 0. The molecule has 0 N–H and O–H groups in total. The molecule has 1 heterocycles. The number of rotatable bonds is 3. The van der Waals surface area contributed by atoms with Crippen LogP contribution in [0.4, 0.5) is 0 Å². The predicted octanol–water partition coefficient (Wildman–Crippen LogP) is 6.06. The summed E-state index contributed by atoms with van der Waals surface area (Å²) in [5.74, 6) is 0.596. The number of nitrogens with zero attached hydrogens (tertiary/aromatic N) is 1. The van der Waals surface area contributed by atoms with Gasteiger partial charge in [-0.3, -0.25) is 4.90 Å². The highest BCUT2D eigenvalue weighted by atomic mass is 31.2. The van der Waals surface area contributed by atoms with Gasteiger partial charge in [0, 0.05) is 17.6 Å². The number of fused-ring (bicyclic) bond motifs is 1. The molecular weight excluding hydrogens is 297 g/mol. The van der Waals surface area contributed by atoms with Gasteiger partial charge >= 0.3 is 0 Å². The second-order valence-corrected chi connectivity index (χ2v) is 14.7. The van der Waals surface area contributed by atoms with Gasteiger partial charge in [0.25, 0.3) is 0 Å². The molecule has 0 saturated heterocycles. The quantitative estimate of drug-likeness (QED) is 0.607. The van der Waals surface area contributed by atoms with E-state index in [1.807, 2.05) is 0 Å². The lowest BCUT2D eigenvalue weighted by atomic mass is 10.1. The van der Waals surface area contributed by atoms with Gasteiger partial charge in [0.15, 0.2) is 5.78 Å². The predicted molar refractivity (Wildman–Crippen MR) is 107 cm³/mol. The maximum atomic E-state index is 2.78. The zero-order valence-corrected chi connectivity index (χ0v) is 17.8. The lowest BCUT2D eigenvalue weighted by molar-refractivity contribution is 0.149. The van der Waals surface area contributed by atoms with Crippen LogP contribution in [-0.4, -0.2) is 27.3 Å². The molecule has 1 aliphatic heterocycles. The number of benzene rings is 1. The molecule has 0 spiro atoms. The van der Waals surface area contributed by atoms with Crippen LogP contribution in [0.25, 0.3) is 0 Å². The Morgan fingerprint density at radius 2 is 1.26 bits per heavy atom. The molecule has 0 aliphatic carbocycles. The molecule has 23 heavy (non-hydrogen) atoms. The van der Waals surface area contributed by atoms with Crippen molar-refractivity contribution in [3.8, 4) is 0 Å². The Morgan fingerprint density at radius 3 is 1.65 bits per heavy atom. The van der Waals surface area contributed by atoms with E-state index in [1.54, 1.807) is 10.9 Å². The first-order valence-corrected chi connectivity index (χ1v) is 11.0. The summed E-state index contributed by atoms with van der Waals surface area (Å²) in [6.45, 7) is 24.3. The lowest BCUT2D eigenvalue weighted by Gasteiger charge is -2.61. The minimum atomic E-state index is -1.38. The smallest absolute Gasteiger partial charge is 0.157 e. The third kappa shape index (κ3) is 2.59. The third-order valence-corrected chi connectivity index (χ3v) is 12.2. The zero-order valence-electron chi connectivity index (χ0n) is 16.9. The fourth-order valence-electron chi connectivity index (χ4n) is 5.29. The number of hydrogen-bond donors (Lipinski definition) is 0. The summed E-state index contributed by atoms with van der Waals surface area (Å²) in [6.07, 6.45) is 0. The molecule has 2 heteroatoms. The average Bonchev–Trinajstić information content (AvgIpc) is 2.31. The number of hydrogen-bond acceptors (Lipinski definition) is 1. The van der Waals surface area contributed by atoms with Gasteiger partial charge in [0.1, 0.15) is 5.30 Å². The van der Waals surface area contributed by atoms with E-state index in [0.717, 1.165) is 0 Å². The summed E-state index contributed by atoms with van der Waals surface area (Å²) in [5, 5.41) is 2.30. The van der Waals surface area contributed by atoms with Crippen molar-refractivity contribution in [2.75, 3.05) is 0 Å². The largest absolute Gasteiger partial charge is 0.260 e. The van der Waals surface area contributed by atoms with Gasteiger partial charge < -0.3 is 0 Å². The standard InChI is InChI=1S/C21H37NP/c1-15(2)22(16(3)4)19-17-13-11-12-14-18(17)23(19,20(5,6)7)21(8,9)10/h11-16,19H,1-10H3/q+1. The Bertz CT molecular complexity index is 538. The molecule has 1 nitrogen and oxygen atoms in total. The van der Waals surface area contributed by atoms with Crippen molar-refractivity contribution in [1.29, 1.82) is 0 Å². The van der Waals surface area contributed by atoms with E-state index < -0.39 is 7.26 Å². The molecule has 1 aliphatic rings. The topological polar surface area (TPSA) is 3.24 Å². The second kappa shape index (κ2) is 5.85. The highest BCUT2D eigenvalue weighted by Gasteiger charge is 2.73. The van der Waals surface area contributed by atoms with Crippen LogP contribution in [0.2, 0.25) is 0 Å². The molecule has 0 bridgehead atoms. The summed E-state index contributed by atoms with van der Waals surface area (Å²) in [4.78, 5) is 2.78. The van der Waals surface area contributed by atoms with Crippen molar-refractivity contribution in [2.45, 2.75) is 97.4 Å². The fraction of sp³-hybridized carbons (Fsp3) is 0.714. The Labute approximate surface area is 145 Å². The molecule has 0 radical (unpaired) electrons. The van der Waals surface area contributed by atoms with E-state index >= 15 is 0 Å². The van der Waals surface area contributed by atoms with E-state index in [1.165, 1.54) is 0 Å². The Balaban J connectivity index is 2.78. The van der Waals surface area contributed by atoms with Crippen LogP contribution >= 0.6 is 7.26 Å². The first-order chi connectivity index (χ1) is 10.4. The van der Waals surface area contributed by atoms with Gasteiger partial charge in [-0.05, 0) is 81.4 Å². The molecule has 2 rings (SSSR count). The normalized spacial score (nSPS) is 20.8. The molecule has 1 aromatic rings. The SMILES string of the molecule is CC(C)N(C(C)C)C1c2ccccc2[P+]1(C(C)(C)C)C(C)(C)C. The van der Waals surface area contributed by atoms with Crippen LogP contribution in [0.5, 0.6) is 0 Å². The minimum Gasteiger partial charge on any atom is -0.260 e. The maximum absolute atomic E-state index is 2.78. The van der Waals surface area contributed by atoms with Gasteiger partial charge in [-0.15, -0.1) is 0 Å². The van der Waals surface area contributed by atoms with Crippen molar-refractivity contribution < 1.29 is 0 Å². The fourth-order valence-corrected chi connectivity index (χ4v) is 12.8. The van der Waals surface area contributed by atoms with Crippen molar-refractivity contribution in [2.24, 2.45) is 0 Å². The Kier molecular flexibility index (Phi) is 4.82. The molecule has 0 aromatic heterocycles. The van der Waals surface area contributed by atoms with Crippen LogP contribution in [0.1, 0.15) is 80.6 Å². The monoisotopic (exact) mass is 334 g/mol. The zero-order chi connectivity index (χ0) is 17.8. The van der Waals surface area contributed by atoms with Crippen molar-refractivity contribution in [3.63, 3.8) is 0 Å². The Hall–Kier alpha value is -0.390. The van der Waals surface area contributed by atoms with E-state index in [-0.39, 0.29) is 0 Å². The van der Waals surface area contributed by atoms with Crippen molar-refractivity contribution >= 4 is 12.6 Å². The molecule has 0 saturated carbocycles. The van der Waals surface area contributed by atoms with E-state index in [4.69, 9.17) is 0 Å². The molecule has 1 unspecified atom stereocenters. The Morgan fingerprint density at radius 1 is 0.826 bits per heavy atom. The molecule has 0 amide bonds. The highest BCUT2D eigenvalue weighted by molar-refractivity contribution is 7.87. The van der Waals surface area contributed by atoms with Crippen molar-refractivity contribution in [1.82, 2.24) is 4.90 Å². The highest BCUT2D eigenvalue weighted by Crippen LogP contribution is 2.89. The molecule has 1 aromatic carbocycles. The molecule has 130 valence electrons. The van der Waals surface area contributed by atoms with Crippen molar-refractivity contribution in [3.05, 3.63) is 29.8 Å². The summed E-state index contributed by atoms with van der Waals surface area (Å²) in [5.41, 5.74) is 1.59. The average molecular weight is 335 g/mol. The van der Waals surface area contributed by atoms with Gasteiger partial charge in [-0.25, -0.2) is 0 Å². The molecular formula is C21H37NP+. The molecule has 1 atom stereocenters. The maximum Gasteiger partial charge on any atom is 0.157 e. The minimum absolute atomic E-state index is 0.312. The van der Waals surface area contributed by atoms with Crippen LogP contribution < -0.4 is 5.30 Å². The lowest BCUT2D eigenvalue weighted by Crippen LogP contribution is -2.58. The van der Waals surface area contributed by atoms with E-state index in [9.17, 15) is 0 Å². The van der Waals surface area contributed by atoms with Gasteiger partial charge in [-0.2, -0.15) is 0 Å². The first kappa shape index (κ1) is 18.9. The van der Waals surface area contributed by atoms with E-state index in [0.29, 0.717) is 28.2 Å². The molecule has 0 fully saturated rings. The van der Waals surface area contributed by atoms with Crippen LogP contribution in [0.15, 0.2) is 24.3 Å². The summed E-state index contributed by atoms with van der Waals surface area (Å²) in [6, 6.07) is 10.4. The van der Waals surface area contributed by atoms with Crippen LogP contribution in [0, 0.1) is 0 Å². The third-order valence-electron chi connectivity index (χ3n) is 5.55. The summed E-state index contributed by atoms with van der Waals surface area (Å²) >= 11 is 0. The van der Waals surface area contributed by atoms with Crippen LogP contribution in [0.3, 0.4) is 0 Å². The van der Waals surface area contributed by atoms with Gasteiger partial charge in [0.05, 0.1) is 17.6 Å². The first-order valence-electron chi connectivity index (χ1n) is 9.13. The second-order valence-electron chi connectivity index (χ2n) is 9.63.